The van der Waals surface area contributed by atoms with E-state index >= 15 is 0 Å². The Morgan fingerprint density at radius 3 is 2.09 bits per heavy atom. The number of hydrogen-bond donors (Lipinski definition) is 3. The number of nitrogens with zero attached hydrogens (tertiary/aromatic N) is 4. The second-order valence-corrected chi connectivity index (χ2v) is 22.7. The number of amides is 1. The highest BCUT2D eigenvalue weighted by Gasteiger charge is 2.54. The third-order valence-corrected chi connectivity index (χ3v) is 16.7. The lowest BCUT2D eigenvalue weighted by Crippen LogP contribution is -2.59. The van der Waals surface area contributed by atoms with Crippen LogP contribution in [-0.4, -0.2) is 65.2 Å². The Bertz CT molecular complexity index is 2200. The molecule has 2 aromatic heterocycles. The van der Waals surface area contributed by atoms with E-state index < -0.39 is 51.0 Å². The number of anilines is 1. The lowest BCUT2D eigenvalue weighted by Gasteiger charge is -2.44. The van der Waals surface area contributed by atoms with E-state index in [1.165, 1.54) is 6.33 Å². The Kier molecular flexibility index (Phi) is 13.5. The minimum Gasteiger partial charge on any atom is -0.408 e. The van der Waals surface area contributed by atoms with Crippen LogP contribution in [0.3, 0.4) is 0 Å². The summed E-state index contributed by atoms with van der Waals surface area (Å²) in [5.74, 6) is -0.658. The fraction of sp³-hybridized carbons (Fsp3) is 0.405. The highest BCUT2D eigenvalue weighted by Crippen LogP contribution is 2.46. The predicted molar refractivity (Wildman–Crippen MR) is 230 cm³/mol. The lowest BCUT2D eigenvalue weighted by molar-refractivity contribution is -0.118. The van der Waals surface area contributed by atoms with Crippen LogP contribution in [0.4, 0.5) is 5.95 Å². The Labute approximate surface area is 346 Å². The lowest BCUT2D eigenvalue weighted by atomic mass is 9.76. The molecule has 0 bridgehead atoms. The molecule has 58 heavy (non-hydrogen) atoms. The monoisotopic (exact) mass is 840 g/mol. The van der Waals surface area contributed by atoms with Crippen LogP contribution >= 0.6 is 7.15 Å². The van der Waals surface area contributed by atoms with Crippen molar-refractivity contribution in [1.82, 2.24) is 24.8 Å². The third kappa shape index (κ3) is 9.20. The van der Waals surface area contributed by atoms with E-state index in [9.17, 15) is 9.59 Å². The third-order valence-electron chi connectivity index (χ3n) is 10.8. The molecule has 1 saturated heterocycles. The van der Waals surface area contributed by atoms with Crippen molar-refractivity contribution < 1.29 is 23.0 Å². The largest absolute Gasteiger partial charge is 0.521 e. The van der Waals surface area contributed by atoms with Crippen LogP contribution in [0.5, 0.6) is 0 Å². The van der Waals surface area contributed by atoms with Gasteiger partial charge in [0.15, 0.2) is 25.7 Å². The number of ether oxygens (including phenoxy) is 1. The minimum absolute atomic E-state index is 0.00473. The van der Waals surface area contributed by atoms with E-state index in [4.69, 9.17) is 40.3 Å². The maximum absolute atomic E-state index is 13.4. The molecule has 16 heteroatoms. The van der Waals surface area contributed by atoms with Gasteiger partial charge in [-0.1, -0.05) is 126 Å². The van der Waals surface area contributed by atoms with Crippen molar-refractivity contribution in [1.29, 1.82) is 5.26 Å². The number of imidazole rings is 1. The summed E-state index contributed by atoms with van der Waals surface area (Å²) in [6, 6.07) is 32.2. The number of carbonyl (C=O) groups is 1. The highest BCUT2D eigenvalue weighted by molar-refractivity contribution is 8.00. The van der Waals surface area contributed by atoms with Gasteiger partial charge < -0.3 is 9.16 Å². The molecule has 3 N–H and O–H groups in total. The predicted octanol–water partition coefficient (Wildman–Crippen LogP) is 7.67. The van der Waals surface area contributed by atoms with Gasteiger partial charge in [-0.15, -0.1) is 9.05 Å². The van der Waals surface area contributed by atoms with Crippen LogP contribution in [0.15, 0.2) is 102 Å². The van der Waals surface area contributed by atoms with Crippen molar-refractivity contribution in [3.8, 4) is 6.07 Å². The molecule has 3 aromatic carbocycles. The number of H-pyrrole nitrogens is 1. The number of hydrogen-bond acceptors (Lipinski definition) is 11. The molecule has 1 unspecified atom stereocenters. The number of rotatable bonds is 16. The fourth-order valence-corrected chi connectivity index (χ4v) is 9.04. The van der Waals surface area contributed by atoms with Gasteiger partial charge in [-0.05, 0) is 34.8 Å². The van der Waals surface area contributed by atoms with Crippen LogP contribution in [0.1, 0.15) is 64.0 Å². The van der Waals surface area contributed by atoms with E-state index in [0.29, 0.717) is 0 Å². The quantitative estimate of drug-likeness (QED) is 0.0386. The van der Waals surface area contributed by atoms with Gasteiger partial charge in [-0.2, -0.15) is 10.2 Å². The van der Waals surface area contributed by atoms with E-state index in [-0.39, 0.29) is 53.6 Å². The summed E-state index contributed by atoms with van der Waals surface area (Å²) < 4.78 is 28.2. The van der Waals surface area contributed by atoms with E-state index in [0.717, 1.165) is 16.7 Å². The van der Waals surface area contributed by atoms with Crippen LogP contribution in [-0.2, 0) is 40.4 Å². The molecule has 0 saturated carbocycles. The SMILES string of the molecule is CC(C)C(=O)Nc1nc2c(ncn2[C@@H]2O[C@H](CO[P+](=S)OCCC#N)[C@@H](NC(c3ccccc3)(c3ccccc3)c3ccccc3)[C@H]2O[Si](C)(C)C(C)(C)C)c(=O)[nH]1. The molecule has 6 rings (SSSR count). The zero-order valence-electron chi connectivity index (χ0n) is 33.8. The van der Waals surface area contributed by atoms with E-state index in [2.05, 4.69) is 96.9 Å². The summed E-state index contributed by atoms with van der Waals surface area (Å²) in [6.07, 6.45) is -0.599. The smallest absolute Gasteiger partial charge is 0.408 e. The van der Waals surface area contributed by atoms with Crippen LogP contribution in [0.2, 0.25) is 18.1 Å². The first kappa shape index (κ1) is 43.1. The van der Waals surface area contributed by atoms with Crippen molar-refractivity contribution >= 4 is 50.3 Å². The highest BCUT2D eigenvalue weighted by atomic mass is 32.4. The first-order chi connectivity index (χ1) is 27.7. The summed E-state index contributed by atoms with van der Waals surface area (Å²) in [5.41, 5.74) is 1.79. The maximum Gasteiger partial charge on any atom is 0.521 e. The molecule has 1 aliphatic heterocycles. The van der Waals surface area contributed by atoms with E-state index in [1.807, 2.05) is 54.6 Å². The molecule has 1 amide bonds. The number of aromatic amines is 1. The average molecular weight is 841 g/mol. The first-order valence-corrected chi connectivity index (χ1v) is 24.4. The molecular weight excluding hydrogens is 790 g/mol. The van der Waals surface area contributed by atoms with Crippen molar-refractivity contribution in [3.05, 3.63) is 124 Å². The van der Waals surface area contributed by atoms with Crippen LogP contribution in [0, 0.1) is 17.2 Å². The standard InChI is InChI=1S/C42H50N7O6PSSi/c1-28(2)37(50)46-40-45-36-34(38(51)47-40)44-27-49(36)39-35(55-58(6,7)41(3,4)5)33(32(54-39)26-53-56(57)52-25-17-24-43)48-42(29-18-11-8-12-19-29,30-20-13-9-14-21-30)31-22-15-10-16-23-31/h8-16,18-23,27-28,32-33,35,39,48H,17,25-26H2,1-7H3,(H-,45,46,47,50,51)/p+1/t32-,33-,35-,39-/m1/s1. The molecule has 0 aliphatic carbocycles. The molecule has 1 aliphatic rings. The molecular formula is C42H51N7O6PSSi+. The van der Waals surface area contributed by atoms with Crippen LogP contribution < -0.4 is 16.2 Å². The Hall–Kier alpha value is -4.49. The van der Waals surface area contributed by atoms with Crippen molar-refractivity contribution in [2.45, 2.75) is 89.2 Å². The fourth-order valence-electron chi connectivity index (χ4n) is 6.75. The Morgan fingerprint density at radius 2 is 1.57 bits per heavy atom. The molecule has 3 heterocycles. The zero-order valence-corrected chi connectivity index (χ0v) is 36.6. The normalized spacial score (nSPS) is 19.0. The number of carbonyl (C=O) groups excluding carboxylic acids is 1. The number of benzene rings is 3. The van der Waals surface area contributed by atoms with Gasteiger partial charge in [0.05, 0.1) is 30.4 Å². The van der Waals surface area contributed by atoms with Gasteiger partial charge in [-0.3, -0.25) is 29.8 Å². The summed E-state index contributed by atoms with van der Waals surface area (Å²) in [7, 11) is -4.40. The maximum atomic E-state index is 13.4. The molecule has 1 fully saturated rings. The van der Waals surface area contributed by atoms with Crippen LogP contribution in [0.25, 0.3) is 11.2 Å². The van der Waals surface area contributed by atoms with Gasteiger partial charge in [0.25, 0.3) is 5.56 Å². The molecule has 0 spiro atoms. The summed E-state index contributed by atoms with van der Waals surface area (Å²) in [6.45, 7) is 14.6. The summed E-state index contributed by atoms with van der Waals surface area (Å²) in [5, 5.41) is 15.7. The van der Waals surface area contributed by atoms with Gasteiger partial charge in [0.1, 0.15) is 25.4 Å². The van der Waals surface area contributed by atoms with Gasteiger partial charge in [-0.25, -0.2) is 4.98 Å². The summed E-state index contributed by atoms with van der Waals surface area (Å²) >= 11 is 5.60. The Balaban J connectivity index is 1.57. The topological polar surface area (TPSA) is 165 Å². The van der Waals surface area contributed by atoms with Gasteiger partial charge in [0, 0.05) is 5.92 Å². The average Bonchev–Trinajstić information content (AvgIpc) is 3.77. The minimum atomic E-state index is -2.61. The molecule has 13 nitrogen and oxygen atoms in total. The van der Waals surface area contributed by atoms with Crippen molar-refractivity contribution in [2.75, 3.05) is 18.5 Å². The zero-order chi connectivity index (χ0) is 41.7. The van der Waals surface area contributed by atoms with Gasteiger partial charge in [0.2, 0.25) is 23.7 Å². The second-order valence-electron chi connectivity index (χ2n) is 16.1. The van der Waals surface area contributed by atoms with Gasteiger partial charge >= 0.3 is 7.15 Å². The van der Waals surface area contributed by atoms with Crippen molar-refractivity contribution in [2.24, 2.45) is 5.92 Å². The number of nitriles is 1. The number of nitrogens with one attached hydrogen (secondary N) is 3. The molecule has 304 valence electrons. The first-order valence-electron chi connectivity index (χ1n) is 19.3. The molecule has 5 aromatic rings. The number of fused-ring (bicyclic) bond motifs is 1. The van der Waals surface area contributed by atoms with E-state index in [1.54, 1.807) is 18.4 Å². The number of aromatic nitrogens is 4. The summed E-state index contributed by atoms with van der Waals surface area (Å²) in [4.78, 5) is 38.0. The second kappa shape index (κ2) is 18.2. The molecule has 0 radical (unpaired) electrons. The Morgan fingerprint density at radius 1 is 1.00 bits per heavy atom. The van der Waals surface area contributed by atoms with Crippen molar-refractivity contribution in [3.63, 3.8) is 0 Å². The molecule has 5 atom stereocenters.